The molecule has 0 bridgehead atoms. The van der Waals surface area contributed by atoms with Gasteiger partial charge in [-0.2, -0.15) is 0 Å². The van der Waals surface area contributed by atoms with Gasteiger partial charge in [0.05, 0.1) is 17.9 Å². The van der Waals surface area contributed by atoms with Crippen molar-refractivity contribution in [2.75, 3.05) is 12.4 Å². The number of aromatic nitrogens is 4. The van der Waals surface area contributed by atoms with E-state index in [1.165, 1.54) is 24.3 Å². The van der Waals surface area contributed by atoms with Crippen molar-refractivity contribution in [3.63, 3.8) is 0 Å². The Kier molecular flexibility index (Phi) is 7.68. The number of pyridine rings is 1. The lowest BCUT2D eigenvalue weighted by Gasteiger charge is -2.12. The number of nitrogens with one attached hydrogen (secondary N) is 2. The second-order valence-electron chi connectivity index (χ2n) is 7.08. The highest BCUT2D eigenvalue weighted by Crippen LogP contribution is 2.28. The first-order valence-electron chi connectivity index (χ1n) is 10.6. The van der Waals surface area contributed by atoms with Gasteiger partial charge in [-0.05, 0) is 55.5 Å². The van der Waals surface area contributed by atoms with Crippen LogP contribution >= 0.6 is 11.8 Å². The number of hydrogen-bond acceptors (Lipinski definition) is 7. The summed E-state index contributed by atoms with van der Waals surface area (Å²) in [7, 11) is 0. The van der Waals surface area contributed by atoms with Gasteiger partial charge in [0.15, 0.2) is 11.0 Å². The average molecular weight is 493 g/mol. The molecule has 0 aliphatic carbocycles. The summed E-state index contributed by atoms with van der Waals surface area (Å²) in [5, 5.41) is 9.04. The summed E-state index contributed by atoms with van der Waals surface area (Å²) in [6.45, 7) is 2.46. The molecule has 2 amide bonds. The van der Waals surface area contributed by atoms with Crippen LogP contribution < -0.4 is 15.6 Å². The third-order valence-corrected chi connectivity index (χ3v) is 5.67. The number of hydrazine groups is 1. The first-order valence-corrected chi connectivity index (χ1v) is 11.6. The molecule has 2 N–H and O–H groups in total. The molecule has 2 aromatic heterocycles. The number of carbonyl (C=O) groups is 2. The van der Waals surface area contributed by atoms with E-state index < -0.39 is 17.6 Å². The van der Waals surface area contributed by atoms with E-state index in [2.05, 4.69) is 26.0 Å². The Hall–Kier alpha value is -4.25. The van der Waals surface area contributed by atoms with Crippen LogP contribution in [0.25, 0.3) is 17.1 Å². The van der Waals surface area contributed by atoms with Crippen LogP contribution in [0.2, 0.25) is 0 Å². The third kappa shape index (κ3) is 5.82. The predicted octanol–water partition coefficient (Wildman–Crippen LogP) is 3.42. The highest BCUT2D eigenvalue weighted by atomic mass is 32.2. The van der Waals surface area contributed by atoms with E-state index in [0.29, 0.717) is 17.6 Å². The molecule has 0 fully saturated rings. The van der Waals surface area contributed by atoms with Crippen LogP contribution in [-0.4, -0.2) is 43.9 Å². The Bertz CT molecular complexity index is 1310. The summed E-state index contributed by atoms with van der Waals surface area (Å²) >= 11 is 1.14. The van der Waals surface area contributed by atoms with Crippen LogP contribution in [0.3, 0.4) is 0 Å². The first kappa shape index (κ1) is 23.9. The highest BCUT2D eigenvalue weighted by Gasteiger charge is 2.18. The van der Waals surface area contributed by atoms with Crippen LogP contribution in [-0.2, 0) is 4.79 Å². The van der Waals surface area contributed by atoms with Gasteiger partial charge in [0.1, 0.15) is 11.6 Å². The summed E-state index contributed by atoms with van der Waals surface area (Å²) in [6.07, 6.45) is 3.32. The lowest BCUT2D eigenvalue weighted by molar-refractivity contribution is -0.119. The first-order chi connectivity index (χ1) is 17.1. The number of hydrogen-bond donors (Lipinski definition) is 2. The van der Waals surface area contributed by atoms with Gasteiger partial charge in [0.2, 0.25) is 5.91 Å². The van der Waals surface area contributed by atoms with Crippen LogP contribution in [0.5, 0.6) is 5.75 Å². The lowest BCUT2D eigenvalue weighted by atomic mass is 10.2. The lowest BCUT2D eigenvalue weighted by Crippen LogP contribution is -2.42. The van der Waals surface area contributed by atoms with Crippen LogP contribution in [0.4, 0.5) is 4.39 Å². The molecule has 178 valence electrons. The summed E-state index contributed by atoms with van der Waals surface area (Å²) in [6, 6.07) is 16.6. The largest absolute Gasteiger partial charge is 0.494 e. The molecule has 0 aliphatic rings. The third-order valence-electron chi connectivity index (χ3n) is 4.74. The Balaban J connectivity index is 1.49. The maximum atomic E-state index is 13.7. The van der Waals surface area contributed by atoms with E-state index in [-0.39, 0.29) is 11.3 Å². The fourth-order valence-corrected chi connectivity index (χ4v) is 3.90. The van der Waals surface area contributed by atoms with E-state index in [1.807, 2.05) is 47.9 Å². The molecule has 0 spiro atoms. The zero-order valence-corrected chi connectivity index (χ0v) is 19.5. The molecule has 0 unspecified atom stereocenters. The SMILES string of the molecule is CCOc1ccc(-n2c(SCC(=O)NNC(=O)c3ccccc3F)nnc2-c2ccncc2)cc1. The molecule has 9 nitrogen and oxygen atoms in total. The van der Waals surface area contributed by atoms with E-state index in [9.17, 15) is 14.0 Å². The molecule has 35 heavy (non-hydrogen) atoms. The van der Waals surface area contributed by atoms with Gasteiger partial charge < -0.3 is 4.74 Å². The van der Waals surface area contributed by atoms with Crippen molar-refractivity contribution in [1.29, 1.82) is 0 Å². The van der Waals surface area contributed by atoms with Gasteiger partial charge in [-0.3, -0.25) is 30.0 Å². The van der Waals surface area contributed by atoms with Gasteiger partial charge >= 0.3 is 0 Å². The van der Waals surface area contributed by atoms with Crippen LogP contribution in [0.15, 0.2) is 78.2 Å². The van der Waals surface area contributed by atoms with Crippen molar-refractivity contribution in [3.8, 4) is 22.8 Å². The van der Waals surface area contributed by atoms with Crippen molar-refractivity contribution in [3.05, 3.63) is 84.4 Å². The quantitative estimate of drug-likeness (QED) is 0.286. The molecule has 4 aromatic rings. The maximum Gasteiger partial charge on any atom is 0.272 e. The number of nitrogens with zero attached hydrogens (tertiary/aromatic N) is 4. The minimum absolute atomic E-state index is 0.0664. The highest BCUT2D eigenvalue weighted by molar-refractivity contribution is 7.99. The van der Waals surface area contributed by atoms with E-state index in [4.69, 9.17) is 4.74 Å². The second-order valence-corrected chi connectivity index (χ2v) is 8.02. The van der Waals surface area contributed by atoms with Crippen molar-refractivity contribution in [2.24, 2.45) is 0 Å². The minimum Gasteiger partial charge on any atom is -0.494 e. The van der Waals surface area contributed by atoms with E-state index >= 15 is 0 Å². The number of ether oxygens (including phenoxy) is 1. The smallest absolute Gasteiger partial charge is 0.272 e. The number of carbonyl (C=O) groups excluding carboxylic acids is 2. The zero-order valence-electron chi connectivity index (χ0n) is 18.6. The van der Waals surface area contributed by atoms with Gasteiger partial charge in [-0.25, -0.2) is 4.39 Å². The molecule has 0 atom stereocenters. The fraction of sp³-hybridized carbons (Fsp3) is 0.125. The van der Waals surface area contributed by atoms with E-state index in [1.54, 1.807) is 12.4 Å². The van der Waals surface area contributed by atoms with Gasteiger partial charge in [0.25, 0.3) is 5.91 Å². The predicted molar refractivity (Wildman–Crippen MR) is 128 cm³/mol. The fourth-order valence-electron chi connectivity index (χ4n) is 3.15. The van der Waals surface area contributed by atoms with Crippen LogP contribution in [0.1, 0.15) is 17.3 Å². The Morgan fingerprint density at radius 1 is 1.00 bits per heavy atom. The summed E-state index contributed by atoms with van der Waals surface area (Å²) in [5.74, 6) is -0.685. The Labute approximate surface area is 204 Å². The monoisotopic (exact) mass is 492 g/mol. The topological polar surface area (TPSA) is 111 Å². The van der Waals surface area contributed by atoms with Crippen molar-refractivity contribution < 1.29 is 18.7 Å². The minimum atomic E-state index is -0.751. The second kappa shape index (κ2) is 11.3. The zero-order chi connectivity index (χ0) is 24.6. The van der Waals surface area contributed by atoms with Gasteiger partial charge in [-0.15, -0.1) is 10.2 Å². The van der Waals surface area contributed by atoms with E-state index in [0.717, 1.165) is 28.8 Å². The molecule has 4 rings (SSSR count). The number of amides is 2. The van der Waals surface area contributed by atoms with Gasteiger partial charge in [0, 0.05) is 23.6 Å². The van der Waals surface area contributed by atoms with Crippen molar-refractivity contribution >= 4 is 23.6 Å². The molecule has 0 aliphatic heterocycles. The summed E-state index contributed by atoms with van der Waals surface area (Å²) in [4.78, 5) is 28.5. The van der Waals surface area contributed by atoms with Crippen molar-refractivity contribution in [2.45, 2.75) is 12.1 Å². The standard InChI is InChI=1S/C24H21FN6O3S/c1-2-34-18-9-7-17(8-10-18)31-22(16-11-13-26-14-12-16)28-30-24(31)35-15-21(32)27-29-23(33)19-5-3-4-6-20(19)25/h3-14H,2,15H2,1H3,(H,27,32)(H,29,33). The molecule has 0 radical (unpaired) electrons. The molecular formula is C24H21FN6O3S. The Morgan fingerprint density at radius 2 is 1.74 bits per heavy atom. The number of rotatable bonds is 8. The van der Waals surface area contributed by atoms with Gasteiger partial charge in [-0.1, -0.05) is 23.9 Å². The Morgan fingerprint density at radius 3 is 2.46 bits per heavy atom. The molecule has 2 aromatic carbocycles. The van der Waals surface area contributed by atoms with Crippen LogP contribution in [0, 0.1) is 5.82 Å². The number of thioether (sulfide) groups is 1. The maximum absolute atomic E-state index is 13.7. The summed E-state index contributed by atoms with van der Waals surface area (Å²) < 4.78 is 21.1. The molecule has 11 heteroatoms. The normalized spacial score (nSPS) is 10.6. The molecular weight excluding hydrogens is 471 g/mol. The molecule has 2 heterocycles. The number of halogens is 1. The average Bonchev–Trinajstić information content (AvgIpc) is 3.31. The molecule has 0 saturated carbocycles. The number of benzene rings is 2. The summed E-state index contributed by atoms with van der Waals surface area (Å²) in [5.41, 5.74) is 5.92. The van der Waals surface area contributed by atoms with Crippen molar-refractivity contribution in [1.82, 2.24) is 30.6 Å². The molecule has 0 saturated heterocycles.